The minimum Gasteiger partial charge on any atom is -0.484 e. The van der Waals surface area contributed by atoms with Crippen LogP contribution in [0.4, 0.5) is 5.69 Å². The second-order valence-corrected chi connectivity index (χ2v) is 8.13. The summed E-state index contributed by atoms with van der Waals surface area (Å²) in [6, 6.07) is 4.79. The molecule has 6 nitrogen and oxygen atoms in total. The molecule has 0 spiro atoms. The number of hydrogen-bond donors (Lipinski definition) is 2. The number of carbonyl (C=O) groups excluding carboxylic acids is 2. The number of amides is 1. The number of nitrogens with two attached hydrogens (primary N) is 1. The Hall–Kier alpha value is -2.08. The molecule has 0 saturated heterocycles. The van der Waals surface area contributed by atoms with Gasteiger partial charge in [-0.25, -0.2) is 0 Å². The largest absolute Gasteiger partial charge is 0.484 e. The van der Waals surface area contributed by atoms with Crippen molar-refractivity contribution >= 4 is 17.4 Å². The van der Waals surface area contributed by atoms with Gasteiger partial charge in [0.05, 0.1) is 5.60 Å². The number of rotatable bonds is 11. The Morgan fingerprint density at radius 1 is 1.15 bits per heavy atom. The first-order valence-electron chi connectivity index (χ1n) is 9.44. The molecule has 0 aliphatic heterocycles. The maximum atomic E-state index is 12.2. The fourth-order valence-electron chi connectivity index (χ4n) is 2.83. The van der Waals surface area contributed by atoms with Crippen molar-refractivity contribution in [2.45, 2.75) is 71.9 Å². The molecule has 3 N–H and O–H groups in total. The third-order valence-corrected chi connectivity index (χ3v) is 4.32. The molecule has 0 bridgehead atoms. The molecule has 152 valence electrons. The van der Waals surface area contributed by atoms with Gasteiger partial charge in [0.15, 0.2) is 12.4 Å². The molecule has 0 aliphatic rings. The van der Waals surface area contributed by atoms with Crippen molar-refractivity contribution in [1.29, 1.82) is 0 Å². The summed E-state index contributed by atoms with van der Waals surface area (Å²) in [6.45, 7) is 12.1. The van der Waals surface area contributed by atoms with E-state index in [0.717, 1.165) is 12.8 Å². The van der Waals surface area contributed by atoms with Gasteiger partial charge in [-0.15, -0.1) is 0 Å². The first-order chi connectivity index (χ1) is 12.5. The molecule has 1 aromatic carbocycles. The van der Waals surface area contributed by atoms with Crippen LogP contribution in [0.5, 0.6) is 5.75 Å². The van der Waals surface area contributed by atoms with E-state index in [2.05, 4.69) is 26.1 Å². The number of hydrogen-bond acceptors (Lipinski definition) is 5. The van der Waals surface area contributed by atoms with E-state index in [4.69, 9.17) is 15.2 Å². The van der Waals surface area contributed by atoms with Crippen LogP contribution in [0.1, 0.15) is 71.2 Å². The third-order valence-electron chi connectivity index (χ3n) is 4.32. The molecule has 0 saturated carbocycles. The average molecular weight is 379 g/mol. The number of anilines is 1. The summed E-state index contributed by atoms with van der Waals surface area (Å²) >= 11 is 0. The van der Waals surface area contributed by atoms with Gasteiger partial charge in [0.25, 0.3) is 5.91 Å². The summed E-state index contributed by atoms with van der Waals surface area (Å²) in [6.07, 6.45) is 2.77. The molecule has 27 heavy (non-hydrogen) atoms. The molecule has 0 aromatic heterocycles. The predicted octanol–water partition coefficient (Wildman–Crippen LogP) is 3.73. The van der Waals surface area contributed by atoms with Crippen LogP contribution in [-0.2, 0) is 9.53 Å². The summed E-state index contributed by atoms with van der Waals surface area (Å²) in [7, 11) is 0. The SMILES string of the molecule is CCCC(C)(C)OCCC(C)(C)NC(=O)COc1ccc(C(C)=O)c(N)c1. The Balaban J connectivity index is 2.46. The number of carbonyl (C=O) groups is 2. The van der Waals surface area contributed by atoms with Crippen molar-refractivity contribution in [2.24, 2.45) is 0 Å². The molecular weight excluding hydrogens is 344 g/mol. The second kappa shape index (κ2) is 9.74. The fraction of sp³-hybridized carbons (Fsp3) is 0.619. The first kappa shape index (κ1) is 23.0. The summed E-state index contributed by atoms with van der Waals surface area (Å²) in [5.41, 5.74) is 6.06. The number of nitrogens with one attached hydrogen (secondary N) is 1. The highest BCUT2D eigenvalue weighted by Crippen LogP contribution is 2.21. The fourth-order valence-corrected chi connectivity index (χ4v) is 2.83. The van der Waals surface area contributed by atoms with Crippen LogP contribution in [0, 0.1) is 0 Å². The van der Waals surface area contributed by atoms with Crippen LogP contribution in [0.15, 0.2) is 18.2 Å². The lowest BCUT2D eigenvalue weighted by atomic mass is 10.00. The molecule has 1 rings (SSSR count). The van der Waals surface area contributed by atoms with Gasteiger partial charge < -0.3 is 20.5 Å². The number of ether oxygens (including phenoxy) is 2. The zero-order valence-electron chi connectivity index (χ0n) is 17.5. The van der Waals surface area contributed by atoms with Gasteiger partial charge in [-0.05, 0) is 59.6 Å². The predicted molar refractivity (Wildman–Crippen MR) is 108 cm³/mol. The van der Waals surface area contributed by atoms with Crippen molar-refractivity contribution in [3.05, 3.63) is 23.8 Å². The van der Waals surface area contributed by atoms with Gasteiger partial charge >= 0.3 is 0 Å². The lowest BCUT2D eigenvalue weighted by Crippen LogP contribution is -2.46. The standard InChI is InChI=1S/C21H34N2O4/c1-7-10-21(5,6)27-12-11-20(3,4)23-19(25)14-26-16-8-9-17(15(2)24)18(22)13-16/h8-9,13H,7,10-12,14,22H2,1-6H3,(H,23,25). The lowest BCUT2D eigenvalue weighted by Gasteiger charge is -2.30. The summed E-state index contributed by atoms with van der Waals surface area (Å²) in [5, 5.41) is 2.96. The van der Waals surface area contributed by atoms with E-state index in [1.165, 1.54) is 6.92 Å². The highest BCUT2D eigenvalue weighted by atomic mass is 16.5. The summed E-state index contributed by atoms with van der Waals surface area (Å²) in [4.78, 5) is 23.6. The van der Waals surface area contributed by atoms with Crippen molar-refractivity contribution < 1.29 is 19.1 Å². The summed E-state index contributed by atoms with van der Waals surface area (Å²) < 4.78 is 11.4. The summed E-state index contributed by atoms with van der Waals surface area (Å²) in [5.74, 6) is 0.125. The van der Waals surface area contributed by atoms with Gasteiger partial charge in [-0.3, -0.25) is 9.59 Å². The van der Waals surface area contributed by atoms with Crippen molar-refractivity contribution in [1.82, 2.24) is 5.32 Å². The molecule has 0 fully saturated rings. The Morgan fingerprint density at radius 3 is 2.37 bits per heavy atom. The Labute approximate surface area is 162 Å². The van der Waals surface area contributed by atoms with Gasteiger partial charge in [0.2, 0.25) is 0 Å². The van der Waals surface area contributed by atoms with E-state index in [-0.39, 0.29) is 23.9 Å². The normalized spacial score (nSPS) is 11.9. The van der Waals surface area contributed by atoms with Crippen molar-refractivity contribution in [3.63, 3.8) is 0 Å². The maximum Gasteiger partial charge on any atom is 0.258 e. The molecular formula is C21H34N2O4. The molecule has 0 aliphatic carbocycles. The van der Waals surface area contributed by atoms with E-state index in [1.807, 2.05) is 13.8 Å². The zero-order valence-corrected chi connectivity index (χ0v) is 17.5. The van der Waals surface area contributed by atoms with Gasteiger partial charge in [0, 0.05) is 29.5 Å². The minimum atomic E-state index is -0.403. The Morgan fingerprint density at radius 2 is 1.81 bits per heavy atom. The van der Waals surface area contributed by atoms with Crippen LogP contribution >= 0.6 is 0 Å². The minimum absolute atomic E-state index is 0.108. The van der Waals surface area contributed by atoms with Crippen LogP contribution in [0.25, 0.3) is 0 Å². The van der Waals surface area contributed by atoms with E-state index >= 15 is 0 Å². The topological polar surface area (TPSA) is 90.6 Å². The van der Waals surface area contributed by atoms with Gasteiger partial charge in [-0.2, -0.15) is 0 Å². The van der Waals surface area contributed by atoms with Gasteiger partial charge in [0.1, 0.15) is 5.75 Å². The number of Topliss-reactive ketones (excluding diaryl/α,β-unsaturated/α-hetero) is 1. The Bertz CT molecular complexity index is 654. The van der Waals surface area contributed by atoms with E-state index in [0.29, 0.717) is 30.0 Å². The third kappa shape index (κ3) is 8.43. The Kier molecular flexibility index (Phi) is 8.28. The van der Waals surface area contributed by atoms with Gasteiger partial charge in [-0.1, -0.05) is 13.3 Å². The lowest BCUT2D eigenvalue weighted by molar-refractivity contribution is -0.125. The number of ketones is 1. The smallest absolute Gasteiger partial charge is 0.258 e. The maximum absolute atomic E-state index is 12.2. The molecule has 0 heterocycles. The van der Waals surface area contributed by atoms with E-state index in [1.54, 1.807) is 18.2 Å². The average Bonchev–Trinajstić information content (AvgIpc) is 2.51. The molecule has 6 heteroatoms. The van der Waals surface area contributed by atoms with Crippen LogP contribution in [-0.4, -0.2) is 36.0 Å². The van der Waals surface area contributed by atoms with Crippen LogP contribution in [0.3, 0.4) is 0 Å². The van der Waals surface area contributed by atoms with Crippen molar-refractivity contribution in [2.75, 3.05) is 18.9 Å². The highest BCUT2D eigenvalue weighted by molar-refractivity contribution is 5.99. The molecule has 1 amide bonds. The molecule has 0 atom stereocenters. The van der Waals surface area contributed by atoms with E-state index < -0.39 is 5.54 Å². The highest BCUT2D eigenvalue weighted by Gasteiger charge is 2.23. The van der Waals surface area contributed by atoms with E-state index in [9.17, 15) is 9.59 Å². The second-order valence-electron chi connectivity index (χ2n) is 8.13. The monoisotopic (exact) mass is 378 g/mol. The molecule has 0 unspecified atom stereocenters. The van der Waals surface area contributed by atoms with Crippen molar-refractivity contribution in [3.8, 4) is 5.75 Å². The van der Waals surface area contributed by atoms with Crippen LogP contribution < -0.4 is 15.8 Å². The van der Waals surface area contributed by atoms with Crippen LogP contribution in [0.2, 0.25) is 0 Å². The number of nitrogen functional groups attached to an aromatic ring is 1. The first-order valence-corrected chi connectivity index (χ1v) is 9.44. The zero-order chi connectivity index (χ0) is 20.7. The quantitative estimate of drug-likeness (QED) is 0.452. The molecule has 0 radical (unpaired) electrons. The molecule has 1 aromatic rings. The number of benzene rings is 1.